The normalized spacial score (nSPS) is 24.8. The van der Waals surface area contributed by atoms with E-state index < -0.39 is 0 Å². The van der Waals surface area contributed by atoms with Crippen molar-refractivity contribution in [1.82, 2.24) is 5.32 Å². The molecule has 2 aliphatic rings. The van der Waals surface area contributed by atoms with Gasteiger partial charge in [-0.15, -0.1) is 0 Å². The molecule has 20 heavy (non-hydrogen) atoms. The molecule has 2 nitrogen and oxygen atoms in total. The lowest BCUT2D eigenvalue weighted by Gasteiger charge is -2.25. The molecule has 3 heteroatoms. The van der Waals surface area contributed by atoms with Crippen molar-refractivity contribution in [3.05, 3.63) is 34.3 Å². The summed E-state index contributed by atoms with van der Waals surface area (Å²) in [5.41, 5.74) is 2.68. The van der Waals surface area contributed by atoms with E-state index in [0.717, 1.165) is 37.5 Å². The highest BCUT2D eigenvalue weighted by molar-refractivity contribution is 6.31. The van der Waals surface area contributed by atoms with Crippen LogP contribution in [0.3, 0.4) is 0 Å². The van der Waals surface area contributed by atoms with Gasteiger partial charge >= 0.3 is 0 Å². The summed E-state index contributed by atoms with van der Waals surface area (Å²) in [4.78, 5) is 0. The van der Waals surface area contributed by atoms with Gasteiger partial charge in [0.25, 0.3) is 0 Å². The van der Waals surface area contributed by atoms with Crippen LogP contribution in [0.5, 0.6) is 0 Å². The second kappa shape index (κ2) is 6.93. The molecule has 0 saturated carbocycles. The molecule has 1 aromatic rings. The summed E-state index contributed by atoms with van der Waals surface area (Å²) in [6.45, 7) is 2.90. The molecule has 1 unspecified atom stereocenters. The van der Waals surface area contributed by atoms with Gasteiger partial charge in [0.1, 0.15) is 0 Å². The second-order valence-electron chi connectivity index (χ2n) is 6.09. The van der Waals surface area contributed by atoms with Gasteiger partial charge in [-0.2, -0.15) is 0 Å². The molecule has 1 aromatic carbocycles. The maximum atomic E-state index is 6.52. The molecular formula is C17H24ClNO. The first kappa shape index (κ1) is 14.4. The summed E-state index contributed by atoms with van der Waals surface area (Å²) in [5, 5.41) is 4.55. The fourth-order valence-electron chi connectivity index (χ4n) is 3.42. The molecule has 3 rings (SSSR count). The Balaban J connectivity index is 1.66. The molecule has 0 spiro atoms. The molecule has 1 N–H and O–H groups in total. The van der Waals surface area contributed by atoms with Crippen LogP contribution < -0.4 is 5.32 Å². The molecule has 0 radical (unpaired) electrons. The van der Waals surface area contributed by atoms with Crippen molar-refractivity contribution in [1.29, 1.82) is 0 Å². The quantitative estimate of drug-likeness (QED) is 0.912. The van der Waals surface area contributed by atoms with Crippen molar-refractivity contribution < 1.29 is 4.74 Å². The molecular weight excluding hydrogens is 270 g/mol. The minimum Gasteiger partial charge on any atom is -0.381 e. The molecule has 2 saturated heterocycles. The minimum atomic E-state index is 0.582. The second-order valence-corrected chi connectivity index (χ2v) is 6.50. The molecule has 2 heterocycles. The maximum absolute atomic E-state index is 6.52. The third-order valence-corrected chi connectivity index (χ3v) is 4.95. The van der Waals surface area contributed by atoms with E-state index in [2.05, 4.69) is 23.5 Å². The summed E-state index contributed by atoms with van der Waals surface area (Å²) >= 11 is 6.52. The zero-order valence-electron chi connectivity index (χ0n) is 12.0. The van der Waals surface area contributed by atoms with Crippen LogP contribution in [-0.4, -0.2) is 25.8 Å². The first-order chi connectivity index (χ1) is 9.83. The molecule has 1 atom stereocenters. The van der Waals surface area contributed by atoms with Gasteiger partial charge in [-0.25, -0.2) is 0 Å². The van der Waals surface area contributed by atoms with Gasteiger partial charge in [0, 0.05) is 24.3 Å². The minimum absolute atomic E-state index is 0.582. The molecule has 2 aliphatic heterocycles. The lowest BCUT2D eigenvalue weighted by atomic mass is 9.90. The van der Waals surface area contributed by atoms with E-state index in [1.807, 2.05) is 0 Å². The van der Waals surface area contributed by atoms with Crippen molar-refractivity contribution in [2.75, 3.05) is 19.8 Å². The van der Waals surface area contributed by atoms with Crippen molar-refractivity contribution in [2.24, 2.45) is 0 Å². The zero-order chi connectivity index (χ0) is 13.8. The van der Waals surface area contributed by atoms with E-state index in [0.29, 0.717) is 12.0 Å². The monoisotopic (exact) mass is 293 g/mol. The van der Waals surface area contributed by atoms with Crippen LogP contribution in [0, 0.1) is 0 Å². The van der Waals surface area contributed by atoms with Crippen molar-refractivity contribution in [2.45, 2.75) is 50.5 Å². The van der Waals surface area contributed by atoms with Crippen LogP contribution >= 0.6 is 11.6 Å². The number of halogens is 1. The fourth-order valence-corrected chi connectivity index (χ4v) is 3.78. The standard InChI is InChI=1S/C17H24ClNO/c18-17-12-13(11-15-3-1-2-8-19-15)4-5-16(17)14-6-9-20-10-7-14/h4-5,12,14-15,19H,1-3,6-11H2. The Kier molecular flexibility index (Phi) is 4.98. The Morgan fingerprint density at radius 2 is 2.00 bits per heavy atom. The van der Waals surface area contributed by atoms with Crippen LogP contribution in [0.4, 0.5) is 0 Å². The highest BCUT2D eigenvalue weighted by atomic mass is 35.5. The zero-order valence-corrected chi connectivity index (χ0v) is 12.8. The predicted molar refractivity (Wildman–Crippen MR) is 83.6 cm³/mol. The molecule has 0 aliphatic carbocycles. The number of nitrogens with one attached hydrogen (secondary N) is 1. The predicted octanol–water partition coefficient (Wildman–Crippen LogP) is 3.92. The van der Waals surface area contributed by atoms with Crippen molar-refractivity contribution >= 4 is 11.6 Å². The van der Waals surface area contributed by atoms with Crippen LogP contribution in [0.1, 0.15) is 49.1 Å². The van der Waals surface area contributed by atoms with Crippen LogP contribution in [-0.2, 0) is 11.2 Å². The van der Waals surface area contributed by atoms with E-state index in [1.165, 1.54) is 36.9 Å². The Morgan fingerprint density at radius 3 is 2.70 bits per heavy atom. The van der Waals surface area contributed by atoms with Crippen LogP contribution in [0.15, 0.2) is 18.2 Å². The molecule has 110 valence electrons. The van der Waals surface area contributed by atoms with Gasteiger partial charge in [-0.1, -0.05) is 30.2 Å². The Hall–Kier alpha value is -0.570. The molecule has 0 aromatic heterocycles. The Morgan fingerprint density at radius 1 is 1.15 bits per heavy atom. The van der Waals surface area contributed by atoms with Crippen molar-refractivity contribution in [3.63, 3.8) is 0 Å². The van der Waals surface area contributed by atoms with E-state index in [-0.39, 0.29) is 0 Å². The average Bonchev–Trinajstić information content (AvgIpc) is 2.49. The van der Waals surface area contributed by atoms with Crippen LogP contribution in [0.25, 0.3) is 0 Å². The number of hydrogen-bond acceptors (Lipinski definition) is 2. The topological polar surface area (TPSA) is 21.3 Å². The Labute approximate surface area is 126 Å². The number of rotatable bonds is 3. The summed E-state index contributed by atoms with van der Waals surface area (Å²) in [6, 6.07) is 7.33. The SMILES string of the molecule is Clc1cc(CC2CCCCN2)ccc1C1CCOCC1. The number of piperidine rings is 1. The summed E-state index contributed by atoms with van der Waals surface area (Å²) < 4.78 is 5.43. The van der Waals surface area contributed by atoms with E-state index in [9.17, 15) is 0 Å². The third kappa shape index (κ3) is 3.55. The summed E-state index contributed by atoms with van der Waals surface area (Å²) in [7, 11) is 0. The first-order valence-electron chi connectivity index (χ1n) is 7.92. The van der Waals surface area contributed by atoms with Gasteiger partial charge in [0.05, 0.1) is 0 Å². The van der Waals surface area contributed by atoms with Gasteiger partial charge < -0.3 is 10.1 Å². The van der Waals surface area contributed by atoms with E-state index >= 15 is 0 Å². The highest BCUT2D eigenvalue weighted by Gasteiger charge is 2.19. The maximum Gasteiger partial charge on any atom is 0.0471 e. The van der Waals surface area contributed by atoms with E-state index in [1.54, 1.807) is 0 Å². The largest absolute Gasteiger partial charge is 0.381 e. The van der Waals surface area contributed by atoms with Gasteiger partial charge in [0.2, 0.25) is 0 Å². The van der Waals surface area contributed by atoms with Gasteiger partial charge in [-0.05, 0) is 61.8 Å². The smallest absolute Gasteiger partial charge is 0.0471 e. The molecule has 0 amide bonds. The lowest BCUT2D eigenvalue weighted by Crippen LogP contribution is -2.35. The molecule has 0 bridgehead atoms. The fraction of sp³-hybridized carbons (Fsp3) is 0.647. The summed E-state index contributed by atoms with van der Waals surface area (Å²) in [6.07, 6.45) is 7.27. The van der Waals surface area contributed by atoms with Gasteiger partial charge in [0.15, 0.2) is 0 Å². The van der Waals surface area contributed by atoms with E-state index in [4.69, 9.17) is 16.3 Å². The van der Waals surface area contributed by atoms with Crippen LogP contribution in [0.2, 0.25) is 5.02 Å². The average molecular weight is 294 g/mol. The number of hydrogen-bond donors (Lipinski definition) is 1. The van der Waals surface area contributed by atoms with Gasteiger partial charge in [-0.3, -0.25) is 0 Å². The number of ether oxygens (including phenoxy) is 1. The first-order valence-corrected chi connectivity index (χ1v) is 8.30. The number of benzene rings is 1. The molecule has 2 fully saturated rings. The lowest BCUT2D eigenvalue weighted by molar-refractivity contribution is 0.0853. The van der Waals surface area contributed by atoms with Crippen molar-refractivity contribution in [3.8, 4) is 0 Å². The summed E-state index contributed by atoms with van der Waals surface area (Å²) in [5.74, 6) is 0.582. The third-order valence-electron chi connectivity index (χ3n) is 4.62. The Bertz CT molecular complexity index is 437. The highest BCUT2D eigenvalue weighted by Crippen LogP contribution is 2.33.